The summed E-state index contributed by atoms with van der Waals surface area (Å²) in [5.74, 6) is 1.59. The fraction of sp³-hybridized carbons (Fsp3) is 1.00. The molecule has 1 aliphatic carbocycles. The van der Waals surface area contributed by atoms with Crippen LogP contribution in [0.5, 0.6) is 0 Å². The molecule has 1 aliphatic heterocycles. The first-order valence-corrected chi connectivity index (χ1v) is 5.04. The summed E-state index contributed by atoms with van der Waals surface area (Å²) in [6.07, 6.45) is 1.25. The smallest absolute Gasteiger partial charge is 0.0854 e. The van der Waals surface area contributed by atoms with E-state index in [1.54, 1.807) is 0 Å². The molecular weight excluding hydrogens is 150 g/mol. The van der Waals surface area contributed by atoms with E-state index in [9.17, 15) is 5.11 Å². The molecule has 2 heteroatoms. The van der Waals surface area contributed by atoms with Gasteiger partial charge in [-0.2, -0.15) is 0 Å². The summed E-state index contributed by atoms with van der Waals surface area (Å²) in [4.78, 5) is 0. The van der Waals surface area contributed by atoms with Gasteiger partial charge >= 0.3 is 0 Å². The maximum atomic E-state index is 10.4. The molecule has 0 aromatic heterocycles. The molecule has 0 amide bonds. The van der Waals surface area contributed by atoms with E-state index in [1.165, 1.54) is 6.42 Å². The number of nitrogens with one attached hydrogen (secondary N) is 1. The van der Waals surface area contributed by atoms with Gasteiger partial charge in [-0.1, -0.05) is 20.8 Å². The summed E-state index contributed by atoms with van der Waals surface area (Å²) in [6, 6.07) is 0.382. The summed E-state index contributed by atoms with van der Waals surface area (Å²) >= 11 is 0. The molecule has 3 unspecified atom stereocenters. The molecule has 0 aromatic carbocycles. The zero-order chi connectivity index (χ0) is 8.93. The lowest BCUT2D eigenvalue weighted by Crippen LogP contribution is -2.69. The zero-order valence-corrected chi connectivity index (χ0v) is 8.17. The third-order valence-electron chi connectivity index (χ3n) is 4.06. The molecule has 1 saturated heterocycles. The van der Waals surface area contributed by atoms with E-state index in [2.05, 4.69) is 26.1 Å². The number of rotatable bonds is 1. The van der Waals surface area contributed by atoms with Crippen LogP contribution in [-0.4, -0.2) is 23.3 Å². The van der Waals surface area contributed by atoms with Crippen LogP contribution >= 0.6 is 0 Å². The van der Waals surface area contributed by atoms with Crippen LogP contribution in [0.15, 0.2) is 0 Å². The lowest BCUT2D eigenvalue weighted by atomic mass is 9.54. The van der Waals surface area contributed by atoms with E-state index in [-0.39, 0.29) is 0 Å². The average molecular weight is 169 g/mol. The molecule has 0 bridgehead atoms. The molecule has 70 valence electrons. The van der Waals surface area contributed by atoms with E-state index >= 15 is 0 Å². The fourth-order valence-corrected chi connectivity index (χ4v) is 3.16. The quantitative estimate of drug-likeness (QED) is 0.614. The number of hydrogen-bond acceptors (Lipinski definition) is 2. The van der Waals surface area contributed by atoms with Gasteiger partial charge in [0.1, 0.15) is 0 Å². The second kappa shape index (κ2) is 2.46. The van der Waals surface area contributed by atoms with Gasteiger partial charge in [0.05, 0.1) is 5.60 Å². The largest absolute Gasteiger partial charge is 0.388 e. The number of hydrogen-bond donors (Lipinski definition) is 2. The van der Waals surface area contributed by atoms with Crippen LogP contribution in [0.2, 0.25) is 0 Å². The molecule has 2 fully saturated rings. The molecule has 2 N–H and O–H groups in total. The van der Waals surface area contributed by atoms with Crippen LogP contribution in [0.25, 0.3) is 0 Å². The lowest BCUT2D eigenvalue weighted by molar-refractivity contribution is -0.175. The molecular formula is C10H19NO. The van der Waals surface area contributed by atoms with Crippen LogP contribution in [0, 0.1) is 17.8 Å². The predicted molar refractivity (Wildman–Crippen MR) is 48.8 cm³/mol. The van der Waals surface area contributed by atoms with E-state index < -0.39 is 5.60 Å². The van der Waals surface area contributed by atoms with Crippen LogP contribution in [0.3, 0.4) is 0 Å². The highest BCUT2D eigenvalue weighted by Gasteiger charge is 2.61. The Labute approximate surface area is 74.4 Å². The molecule has 2 aliphatic rings. The summed E-state index contributed by atoms with van der Waals surface area (Å²) < 4.78 is 0. The maximum Gasteiger partial charge on any atom is 0.0854 e. The third-order valence-corrected chi connectivity index (χ3v) is 4.06. The van der Waals surface area contributed by atoms with Crippen LogP contribution < -0.4 is 5.32 Å². The fourth-order valence-electron chi connectivity index (χ4n) is 3.16. The Kier molecular flexibility index (Phi) is 1.74. The Bertz CT molecular complexity index is 192. The molecule has 0 spiro atoms. The Hall–Kier alpha value is -0.0800. The lowest BCUT2D eigenvalue weighted by Gasteiger charge is -2.57. The Morgan fingerprint density at radius 1 is 1.50 bits per heavy atom. The van der Waals surface area contributed by atoms with E-state index in [0.717, 1.165) is 12.5 Å². The van der Waals surface area contributed by atoms with Crippen molar-refractivity contribution in [1.29, 1.82) is 0 Å². The summed E-state index contributed by atoms with van der Waals surface area (Å²) in [6.45, 7) is 7.52. The van der Waals surface area contributed by atoms with Crippen molar-refractivity contribution < 1.29 is 5.11 Å². The summed E-state index contributed by atoms with van der Waals surface area (Å²) in [7, 11) is 0. The van der Waals surface area contributed by atoms with Crippen LogP contribution in [-0.2, 0) is 0 Å². The van der Waals surface area contributed by atoms with Crippen LogP contribution in [0.1, 0.15) is 27.2 Å². The predicted octanol–water partition coefficient (Wildman–Crippen LogP) is 1.00. The highest BCUT2D eigenvalue weighted by molar-refractivity contribution is 5.15. The minimum Gasteiger partial charge on any atom is -0.388 e. The SMILES string of the molecule is CC(C)C1(O)C(C)C2CCN[C@@H]21. The van der Waals surface area contributed by atoms with Crippen molar-refractivity contribution >= 4 is 0 Å². The van der Waals surface area contributed by atoms with Crippen LogP contribution in [0.4, 0.5) is 0 Å². The van der Waals surface area contributed by atoms with Gasteiger partial charge in [0.2, 0.25) is 0 Å². The highest BCUT2D eigenvalue weighted by Crippen LogP contribution is 2.51. The topological polar surface area (TPSA) is 32.3 Å². The van der Waals surface area contributed by atoms with Gasteiger partial charge in [0.25, 0.3) is 0 Å². The van der Waals surface area contributed by atoms with Gasteiger partial charge in [-0.05, 0) is 30.7 Å². The van der Waals surface area contributed by atoms with Gasteiger partial charge in [0, 0.05) is 6.04 Å². The second-order valence-corrected chi connectivity index (χ2v) is 4.71. The van der Waals surface area contributed by atoms with Crippen molar-refractivity contribution in [2.75, 3.05) is 6.54 Å². The molecule has 0 radical (unpaired) electrons. The first kappa shape index (κ1) is 8.52. The normalized spacial score (nSPS) is 52.2. The minimum atomic E-state index is -0.429. The van der Waals surface area contributed by atoms with Gasteiger partial charge in [-0.15, -0.1) is 0 Å². The third kappa shape index (κ3) is 0.775. The first-order valence-electron chi connectivity index (χ1n) is 5.04. The van der Waals surface area contributed by atoms with Gasteiger partial charge in [-0.3, -0.25) is 0 Å². The highest BCUT2D eigenvalue weighted by atomic mass is 16.3. The standard InChI is InChI=1S/C10H19NO/c1-6(2)10(12)7(3)8-4-5-11-9(8)10/h6-9,11-12H,4-5H2,1-3H3/t7?,8?,9-,10?/m0/s1. The van der Waals surface area contributed by atoms with E-state index in [4.69, 9.17) is 0 Å². The first-order chi connectivity index (χ1) is 5.58. The van der Waals surface area contributed by atoms with Crippen molar-refractivity contribution in [1.82, 2.24) is 5.32 Å². The molecule has 12 heavy (non-hydrogen) atoms. The average Bonchev–Trinajstić information content (AvgIpc) is 2.47. The molecule has 2 nitrogen and oxygen atoms in total. The second-order valence-electron chi connectivity index (χ2n) is 4.71. The zero-order valence-electron chi connectivity index (χ0n) is 8.17. The Balaban J connectivity index is 2.18. The molecule has 0 aromatic rings. The van der Waals surface area contributed by atoms with Gasteiger partial charge in [-0.25, -0.2) is 0 Å². The number of aliphatic hydroxyl groups is 1. The Morgan fingerprint density at radius 3 is 2.75 bits per heavy atom. The van der Waals surface area contributed by atoms with Crippen molar-refractivity contribution in [3.05, 3.63) is 0 Å². The summed E-state index contributed by atoms with van der Waals surface area (Å²) in [5.41, 5.74) is -0.429. The van der Waals surface area contributed by atoms with E-state index in [0.29, 0.717) is 17.9 Å². The van der Waals surface area contributed by atoms with Crippen molar-refractivity contribution in [3.8, 4) is 0 Å². The Morgan fingerprint density at radius 2 is 2.17 bits per heavy atom. The van der Waals surface area contributed by atoms with Crippen molar-refractivity contribution in [3.63, 3.8) is 0 Å². The molecule has 1 saturated carbocycles. The molecule has 4 atom stereocenters. The molecule has 2 rings (SSSR count). The minimum absolute atomic E-state index is 0.374. The van der Waals surface area contributed by atoms with E-state index in [1.807, 2.05) is 0 Å². The van der Waals surface area contributed by atoms with Gasteiger partial charge in [0.15, 0.2) is 0 Å². The monoisotopic (exact) mass is 169 g/mol. The van der Waals surface area contributed by atoms with Gasteiger partial charge < -0.3 is 10.4 Å². The molecule has 1 heterocycles. The van der Waals surface area contributed by atoms with Crippen molar-refractivity contribution in [2.45, 2.75) is 38.8 Å². The maximum absolute atomic E-state index is 10.4. The number of fused-ring (bicyclic) bond motifs is 1. The summed E-state index contributed by atoms with van der Waals surface area (Å²) in [5, 5.41) is 13.8. The van der Waals surface area contributed by atoms with Crippen molar-refractivity contribution in [2.24, 2.45) is 17.8 Å².